The molecule has 1 amide bonds. The van der Waals surface area contributed by atoms with Crippen molar-refractivity contribution < 1.29 is 4.79 Å². The number of hydrogen-bond acceptors (Lipinski definition) is 1. The zero-order valence-corrected chi connectivity index (χ0v) is 5.91. The molecule has 0 spiro atoms. The molecular formula is CHBrINO. The van der Waals surface area contributed by atoms with E-state index in [2.05, 4.69) is 19.5 Å². The molecular weight excluding hydrogens is 249 g/mol. The van der Waals surface area contributed by atoms with E-state index in [1.54, 1.807) is 22.9 Å². The Hall–Kier alpha value is 0.680. The van der Waals surface area contributed by atoms with Gasteiger partial charge < -0.3 is 0 Å². The van der Waals surface area contributed by atoms with Gasteiger partial charge in [-0.15, -0.1) is 0 Å². The molecule has 0 aliphatic heterocycles. The van der Waals surface area contributed by atoms with Crippen molar-refractivity contribution in [3.05, 3.63) is 0 Å². The fourth-order valence-corrected chi connectivity index (χ4v) is 0. The lowest BCUT2D eigenvalue weighted by Crippen LogP contribution is -1.96. The average Bonchev–Trinajstić information content (AvgIpc) is 1.38. The maximum absolute atomic E-state index is 9.61. The molecule has 30 valence electrons. The van der Waals surface area contributed by atoms with Crippen LogP contribution in [0, 0.1) is 0 Å². The number of carbonyl (C=O) groups is 1. The van der Waals surface area contributed by atoms with Crippen LogP contribution in [0.4, 0.5) is 4.79 Å². The molecule has 0 saturated carbocycles. The molecule has 0 heterocycles. The summed E-state index contributed by atoms with van der Waals surface area (Å²) in [5, 5.41) is 0. The van der Waals surface area contributed by atoms with Gasteiger partial charge in [0.1, 0.15) is 0 Å². The Kier molecular flexibility index (Phi) is 3.29. The molecule has 0 unspecified atom stereocenters. The van der Waals surface area contributed by atoms with Crippen LogP contribution in [0.25, 0.3) is 0 Å². The van der Waals surface area contributed by atoms with E-state index < -0.39 is 0 Å². The Morgan fingerprint density at radius 3 is 2.20 bits per heavy atom. The van der Waals surface area contributed by atoms with Crippen molar-refractivity contribution in [3.8, 4) is 0 Å². The van der Waals surface area contributed by atoms with E-state index >= 15 is 0 Å². The van der Waals surface area contributed by atoms with Gasteiger partial charge in [0.05, 0.1) is 22.9 Å². The highest BCUT2D eigenvalue weighted by Gasteiger charge is 1.78. The SMILES string of the molecule is O=C(Br)NI. The van der Waals surface area contributed by atoms with Gasteiger partial charge in [-0.3, -0.25) is 8.32 Å². The Bertz CT molecular complexity index is 46.9. The van der Waals surface area contributed by atoms with Gasteiger partial charge in [0.25, 0.3) is 4.82 Å². The Labute approximate surface area is 51.9 Å². The molecule has 0 aliphatic rings. The molecule has 4 heteroatoms. The Balaban J connectivity index is 2.85. The van der Waals surface area contributed by atoms with Crippen LogP contribution in [0.5, 0.6) is 0 Å². The van der Waals surface area contributed by atoms with Crippen LogP contribution in [-0.4, -0.2) is 4.82 Å². The molecule has 0 aromatic heterocycles. The first-order valence-electron chi connectivity index (χ1n) is 0.832. The van der Waals surface area contributed by atoms with Crippen LogP contribution in [0.3, 0.4) is 0 Å². The van der Waals surface area contributed by atoms with E-state index in [1.165, 1.54) is 0 Å². The summed E-state index contributed by atoms with van der Waals surface area (Å²) in [6.07, 6.45) is 0. The van der Waals surface area contributed by atoms with Crippen LogP contribution < -0.4 is 3.53 Å². The third-order valence-corrected chi connectivity index (χ3v) is 1.50. The third kappa shape index (κ3) is 4.68. The molecule has 5 heavy (non-hydrogen) atoms. The van der Waals surface area contributed by atoms with E-state index in [4.69, 9.17) is 0 Å². The molecule has 0 atom stereocenters. The minimum atomic E-state index is -0.196. The summed E-state index contributed by atoms with van der Waals surface area (Å²) in [5.41, 5.74) is 0. The fraction of sp³-hybridized carbons (Fsp3) is 0. The van der Waals surface area contributed by atoms with E-state index in [1.807, 2.05) is 0 Å². The summed E-state index contributed by atoms with van der Waals surface area (Å²) >= 11 is 4.35. The molecule has 0 rings (SSSR count). The van der Waals surface area contributed by atoms with Gasteiger partial charge in [0.2, 0.25) is 0 Å². The lowest BCUT2D eigenvalue weighted by atomic mass is 11.5. The van der Waals surface area contributed by atoms with Crippen molar-refractivity contribution >= 4 is 43.6 Å². The predicted molar refractivity (Wildman–Crippen MR) is 31.5 cm³/mol. The molecule has 0 aromatic rings. The monoisotopic (exact) mass is 249 g/mol. The largest absolute Gasteiger partial charge is 0.295 e. The van der Waals surface area contributed by atoms with Crippen molar-refractivity contribution in [1.29, 1.82) is 0 Å². The van der Waals surface area contributed by atoms with Gasteiger partial charge in [-0.2, -0.15) is 0 Å². The van der Waals surface area contributed by atoms with Crippen LogP contribution in [0.2, 0.25) is 0 Å². The van der Waals surface area contributed by atoms with Crippen LogP contribution >= 0.6 is 38.8 Å². The highest BCUT2D eigenvalue weighted by molar-refractivity contribution is 14.1. The molecule has 0 radical (unpaired) electrons. The van der Waals surface area contributed by atoms with E-state index in [0.717, 1.165) is 0 Å². The van der Waals surface area contributed by atoms with Crippen molar-refractivity contribution in [1.82, 2.24) is 3.53 Å². The summed E-state index contributed by atoms with van der Waals surface area (Å²) in [5.74, 6) is 0. The molecule has 0 saturated heterocycles. The first kappa shape index (κ1) is 5.68. The van der Waals surface area contributed by atoms with E-state index in [0.29, 0.717) is 0 Å². The zero-order chi connectivity index (χ0) is 4.28. The minimum Gasteiger partial charge on any atom is -0.289 e. The third-order valence-electron chi connectivity index (χ3n) is 0.0743. The molecule has 0 fully saturated rings. The molecule has 0 aromatic carbocycles. The van der Waals surface area contributed by atoms with Crippen molar-refractivity contribution in [2.75, 3.05) is 0 Å². The van der Waals surface area contributed by atoms with Gasteiger partial charge in [-0.05, 0) is 0 Å². The number of hydrogen-bond donors (Lipinski definition) is 1. The van der Waals surface area contributed by atoms with Crippen LogP contribution in [0.15, 0.2) is 0 Å². The summed E-state index contributed by atoms with van der Waals surface area (Å²) in [6.45, 7) is 0. The number of amides is 1. The van der Waals surface area contributed by atoms with Crippen molar-refractivity contribution in [2.24, 2.45) is 0 Å². The van der Waals surface area contributed by atoms with Crippen molar-refractivity contribution in [3.63, 3.8) is 0 Å². The standard InChI is InChI=1S/CHBrINO/c2-1(5)4-3/h(H,4,5). The van der Waals surface area contributed by atoms with E-state index in [-0.39, 0.29) is 4.82 Å². The highest BCUT2D eigenvalue weighted by Crippen LogP contribution is 1.82. The van der Waals surface area contributed by atoms with Gasteiger partial charge >= 0.3 is 0 Å². The summed E-state index contributed by atoms with van der Waals surface area (Å²) in [4.78, 5) is 9.41. The van der Waals surface area contributed by atoms with Gasteiger partial charge in [-0.25, -0.2) is 0 Å². The van der Waals surface area contributed by atoms with E-state index in [9.17, 15) is 4.79 Å². The molecule has 0 aliphatic carbocycles. The number of halogens is 2. The minimum absolute atomic E-state index is 0.196. The quantitative estimate of drug-likeness (QED) is 0.299. The summed E-state index contributed by atoms with van der Waals surface area (Å²) < 4.78 is 2.28. The second kappa shape index (κ2) is 2.89. The normalized spacial score (nSPS) is 6.80. The van der Waals surface area contributed by atoms with Crippen LogP contribution in [-0.2, 0) is 0 Å². The summed E-state index contributed by atoms with van der Waals surface area (Å²) in [6, 6.07) is 0. The summed E-state index contributed by atoms with van der Waals surface area (Å²) in [7, 11) is 0. The topological polar surface area (TPSA) is 29.1 Å². The van der Waals surface area contributed by atoms with Crippen LogP contribution in [0.1, 0.15) is 0 Å². The molecule has 1 N–H and O–H groups in total. The molecule has 0 bridgehead atoms. The smallest absolute Gasteiger partial charge is 0.289 e. The van der Waals surface area contributed by atoms with Gasteiger partial charge in [0, 0.05) is 15.9 Å². The van der Waals surface area contributed by atoms with Gasteiger partial charge in [0.15, 0.2) is 0 Å². The maximum atomic E-state index is 9.61. The molecule has 2 nitrogen and oxygen atoms in total. The lowest BCUT2D eigenvalue weighted by molar-refractivity contribution is 0.267. The fourth-order valence-electron chi connectivity index (χ4n) is 0. The Morgan fingerprint density at radius 1 is 2.00 bits per heavy atom. The van der Waals surface area contributed by atoms with Gasteiger partial charge in [-0.1, -0.05) is 0 Å². The van der Waals surface area contributed by atoms with Crippen molar-refractivity contribution in [2.45, 2.75) is 0 Å². The lowest BCUT2D eigenvalue weighted by Gasteiger charge is -1.74. The highest BCUT2D eigenvalue weighted by atomic mass is 127. The Morgan fingerprint density at radius 2 is 2.20 bits per heavy atom. The number of carbonyl (C=O) groups excluding carboxylic acids is 1. The second-order valence-corrected chi connectivity index (χ2v) is 1.63. The maximum Gasteiger partial charge on any atom is 0.295 e. The second-order valence-electron chi connectivity index (χ2n) is 0.368. The number of nitrogens with one attached hydrogen (secondary N) is 1. The first-order chi connectivity index (χ1) is 2.27. The predicted octanol–water partition coefficient (Wildman–Crippen LogP) is 1.44. The number of rotatable bonds is 0. The first-order valence-corrected chi connectivity index (χ1v) is 2.70. The average molecular weight is 250 g/mol. The zero-order valence-electron chi connectivity index (χ0n) is 2.16.